The number of anilines is 1. The van der Waals surface area contributed by atoms with Gasteiger partial charge in [0.25, 0.3) is 5.92 Å². The van der Waals surface area contributed by atoms with Crippen molar-refractivity contribution in [3.05, 3.63) is 41.1 Å². The summed E-state index contributed by atoms with van der Waals surface area (Å²) in [5.74, 6) is -3.39. The highest BCUT2D eigenvalue weighted by Crippen LogP contribution is 2.59. The zero-order valence-corrected chi connectivity index (χ0v) is 14.8. The molecule has 0 bridgehead atoms. The summed E-state index contributed by atoms with van der Waals surface area (Å²) in [5.41, 5.74) is 1.01. The number of rotatable bonds is 5. The maximum atomic E-state index is 13.3. The van der Waals surface area contributed by atoms with Crippen LogP contribution in [0.5, 0.6) is 0 Å². The summed E-state index contributed by atoms with van der Waals surface area (Å²) in [6, 6.07) is 3.68. The molecule has 0 amide bonds. The van der Waals surface area contributed by atoms with E-state index in [1.165, 1.54) is 6.20 Å². The molecule has 26 heavy (non-hydrogen) atoms. The molecule has 6 nitrogen and oxygen atoms in total. The molecule has 138 valence electrons. The fraction of sp³-hybridized carbons (Fsp3) is 0.471. The van der Waals surface area contributed by atoms with Gasteiger partial charge in [-0.3, -0.25) is 0 Å². The second-order valence-electron chi connectivity index (χ2n) is 6.56. The smallest absolute Gasteiger partial charge is 0.358 e. The van der Waals surface area contributed by atoms with Gasteiger partial charge in [0.15, 0.2) is 5.69 Å². The predicted molar refractivity (Wildman–Crippen MR) is 90.7 cm³/mol. The van der Waals surface area contributed by atoms with E-state index in [1.807, 2.05) is 17.0 Å². The first kappa shape index (κ1) is 17.2. The Hall–Kier alpha value is -2.22. The third-order valence-electron chi connectivity index (χ3n) is 4.90. The number of imidazole rings is 1. The van der Waals surface area contributed by atoms with Crippen LogP contribution < -0.4 is 4.90 Å². The first-order chi connectivity index (χ1) is 12.4. The van der Waals surface area contributed by atoms with Crippen LogP contribution >= 0.6 is 11.6 Å². The number of aromatic nitrogens is 3. The van der Waals surface area contributed by atoms with Crippen molar-refractivity contribution < 1.29 is 18.3 Å². The van der Waals surface area contributed by atoms with E-state index in [9.17, 15) is 13.6 Å². The van der Waals surface area contributed by atoms with Crippen molar-refractivity contribution >= 4 is 23.4 Å². The van der Waals surface area contributed by atoms with E-state index in [4.69, 9.17) is 16.3 Å². The maximum absolute atomic E-state index is 13.3. The van der Waals surface area contributed by atoms with E-state index in [1.54, 1.807) is 17.7 Å². The molecule has 0 aromatic carbocycles. The molecule has 2 atom stereocenters. The molecule has 2 aliphatic rings. The van der Waals surface area contributed by atoms with E-state index in [0.29, 0.717) is 25.5 Å². The summed E-state index contributed by atoms with van der Waals surface area (Å²) in [6.07, 6.45) is 3.21. The molecule has 0 spiro atoms. The zero-order valence-electron chi connectivity index (χ0n) is 14.0. The molecule has 1 saturated heterocycles. The van der Waals surface area contributed by atoms with E-state index < -0.39 is 23.7 Å². The van der Waals surface area contributed by atoms with Crippen LogP contribution in [0.15, 0.2) is 24.5 Å². The monoisotopic (exact) mass is 382 g/mol. The molecule has 2 aromatic heterocycles. The van der Waals surface area contributed by atoms with Crippen LogP contribution in [-0.2, 0) is 11.3 Å². The van der Waals surface area contributed by atoms with Crippen molar-refractivity contribution in [2.75, 3.05) is 24.6 Å². The lowest BCUT2D eigenvalue weighted by Crippen LogP contribution is -2.28. The fourth-order valence-electron chi connectivity index (χ4n) is 3.40. The zero-order chi connectivity index (χ0) is 18.5. The molecule has 1 aliphatic heterocycles. The minimum Gasteiger partial charge on any atom is -0.461 e. The largest absolute Gasteiger partial charge is 0.461 e. The van der Waals surface area contributed by atoms with Gasteiger partial charge in [-0.05, 0) is 30.2 Å². The van der Waals surface area contributed by atoms with Gasteiger partial charge in [0.2, 0.25) is 5.28 Å². The Bertz CT molecular complexity index is 826. The van der Waals surface area contributed by atoms with E-state index in [-0.39, 0.29) is 17.6 Å². The first-order valence-electron chi connectivity index (χ1n) is 8.37. The van der Waals surface area contributed by atoms with Gasteiger partial charge >= 0.3 is 5.97 Å². The highest BCUT2D eigenvalue weighted by molar-refractivity contribution is 6.28. The summed E-state index contributed by atoms with van der Waals surface area (Å²) in [7, 11) is 0. The molecule has 9 heteroatoms. The lowest BCUT2D eigenvalue weighted by atomic mass is 10.2. The number of esters is 1. The fourth-order valence-corrected chi connectivity index (χ4v) is 3.60. The molecule has 2 aromatic rings. The first-order valence-corrected chi connectivity index (χ1v) is 8.75. The van der Waals surface area contributed by atoms with Crippen LogP contribution in [0.3, 0.4) is 0 Å². The molecule has 0 radical (unpaired) electrons. The number of fused-ring (bicyclic) bond motifs is 1. The molecule has 2 unspecified atom stereocenters. The second-order valence-corrected chi connectivity index (χ2v) is 6.90. The average Bonchev–Trinajstić information content (AvgIpc) is 3.01. The van der Waals surface area contributed by atoms with Gasteiger partial charge in [0.05, 0.1) is 25.0 Å². The summed E-state index contributed by atoms with van der Waals surface area (Å²) in [4.78, 5) is 22.0. The third kappa shape index (κ3) is 2.92. The minimum absolute atomic E-state index is 0.152. The molecule has 2 fully saturated rings. The van der Waals surface area contributed by atoms with E-state index in [0.717, 1.165) is 5.56 Å². The molecule has 4 rings (SSSR count). The highest BCUT2D eigenvalue weighted by Gasteiger charge is 2.71. The van der Waals surface area contributed by atoms with Gasteiger partial charge < -0.3 is 14.2 Å². The molecule has 1 saturated carbocycles. The molecular formula is C17H17ClF2N4O2. The Kier molecular flexibility index (Phi) is 4.10. The number of nitrogens with zero attached hydrogens (tertiary/aromatic N) is 4. The van der Waals surface area contributed by atoms with Gasteiger partial charge in [-0.1, -0.05) is 6.07 Å². The summed E-state index contributed by atoms with van der Waals surface area (Å²) >= 11 is 6.07. The summed E-state index contributed by atoms with van der Waals surface area (Å²) in [6.45, 7) is 3.07. The van der Waals surface area contributed by atoms with Crippen LogP contribution in [0.4, 0.5) is 14.6 Å². The lowest BCUT2D eigenvalue weighted by molar-refractivity contribution is 0.0520. The average molecular weight is 383 g/mol. The number of hydrogen-bond donors (Lipinski definition) is 0. The van der Waals surface area contributed by atoms with Crippen LogP contribution in [0.25, 0.3) is 0 Å². The number of carbonyl (C=O) groups excluding carboxylic acids is 1. The number of halogens is 3. The Morgan fingerprint density at radius 2 is 2.12 bits per heavy atom. The Balaban J connectivity index is 1.41. The standard InChI is InChI=1S/C17H17ClF2N4O2/c1-2-26-15(25)13-9-24(16(18)22-13)6-10-3-4-14(21-5-10)23-7-11-12(8-23)17(11,19)20/h3-5,9,11-12H,2,6-8H2,1H3. The molecule has 3 heterocycles. The topological polar surface area (TPSA) is 60.2 Å². The number of alkyl halides is 2. The summed E-state index contributed by atoms with van der Waals surface area (Å²) in [5, 5.41) is 0.180. The van der Waals surface area contributed by atoms with Gasteiger partial charge in [-0.25, -0.2) is 23.5 Å². The van der Waals surface area contributed by atoms with Crippen molar-refractivity contribution in [2.45, 2.75) is 19.4 Å². The van der Waals surface area contributed by atoms with Gasteiger partial charge in [-0.15, -0.1) is 0 Å². The SMILES string of the molecule is CCOC(=O)c1cn(Cc2ccc(N3CC4C(C3)C4(F)F)nc2)c(Cl)n1. The van der Waals surface area contributed by atoms with Gasteiger partial charge in [0.1, 0.15) is 5.82 Å². The number of pyridine rings is 1. The molecular weight excluding hydrogens is 366 g/mol. The lowest BCUT2D eigenvalue weighted by Gasteiger charge is -2.20. The third-order valence-corrected chi connectivity index (χ3v) is 5.20. The number of carbonyl (C=O) groups is 1. The quantitative estimate of drug-likeness (QED) is 0.744. The highest BCUT2D eigenvalue weighted by atomic mass is 35.5. The van der Waals surface area contributed by atoms with Crippen LogP contribution in [-0.4, -0.2) is 46.1 Å². The Morgan fingerprint density at radius 3 is 2.73 bits per heavy atom. The van der Waals surface area contributed by atoms with Crippen molar-refractivity contribution in [3.8, 4) is 0 Å². The van der Waals surface area contributed by atoms with Crippen molar-refractivity contribution in [3.63, 3.8) is 0 Å². The van der Waals surface area contributed by atoms with Crippen molar-refractivity contribution in [2.24, 2.45) is 11.8 Å². The maximum Gasteiger partial charge on any atom is 0.358 e. The normalized spacial score (nSPS) is 23.0. The van der Waals surface area contributed by atoms with Gasteiger partial charge in [0, 0.05) is 25.5 Å². The number of ether oxygens (including phenoxy) is 1. The van der Waals surface area contributed by atoms with Crippen molar-refractivity contribution in [1.82, 2.24) is 14.5 Å². The van der Waals surface area contributed by atoms with Gasteiger partial charge in [-0.2, -0.15) is 0 Å². The number of hydrogen-bond acceptors (Lipinski definition) is 5. The molecule has 0 N–H and O–H groups in total. The minimum atomic E-state index is -2.49. The summed E-state index contributed by atoms with van der Waals surface area (Å²) < 4.78 is 33.1. The number of piperidine rings is 1. The van der Waals surface area contributed by atoms with Crippen LogP contribution in [0, 0.1) is 11.8 Å². The van der Waals surface area contributed by atoms with Crippen molar-refractivity contribution in [1.29, 1.82) is 0 Å². The second kappa shape index (κ2) is 6.19. The van der Waals surface area contributed by atoms with Crippen LogP contribution in [0.1, 0.15) is 23.0 Å². The van der Waals surface area contributed by atoms with Crippen LogP contribution in [0.2, 0.25) is 5.28 Å². The van der Waals surface area contributed by atoms with E-state index >= 15 is 0 Å². The Morgan fingerprint density at radius 1 is 1.38 bits per heavy atom. The Labute approximate surface area is 153 Å². The predicted octanol–water partition coefficient (Wildman–Crippen LogP) is 2.86. The molecule has 1 aliphatic carbocycles. The van der Waals surface area contributed by atoms with E-state index in [2.05, 4.69) is 9.97 Å².